The molecule has 0 radical (unpaired) electrons. The molecular weight excluding hydrogens is 258 g/mol. The maximum absolute atomic E-state index is 11.9. The van der Waals surface area contributed by atoms with E-state index >= 15 is 0 Å². The zero-order valence-corrected chi connectivity index (χ0v) is 12.9. The topological polar surface area (TPSA) is 72.9 Å². The molecule has 116 valence electrons. The number of carbonyl (C=O) groups is 2. The molecule has 0 spiro atoms. The Kier molecular flexibility index (Phi) is 6.26. The van der Waals surface area contributed by atoms with Crippen LogP contribution >= 0.6 is 0 Å². The fourth-order valence-electron chi connectivity index (χ4n) is 2.66. The molecule has 0 aromatic rings. The van der Waals surface area contributed by atoms with Gasteiger partial charge in [-0.1, -0.05) is 0 Å². The van der Waals surface area contributed by atoms with Gasteiger partial charge in [-0.25, -0.2) is 4.79 Å². The largest absolute Gasteiger partial charge is 0.481 e. The number of amides is 2. The van der Waals surface area contributed by atoms with Crippen LogP contribution < -0.4 is 5.32 Å². The summed E-state index contributed by atoms with van der Waals surface area (Å²) >= 11 is 0. The molecule has 1 unspecified atom stereocenters. The number of carbonyl (C=O) groups excluding carboxylic acids is 1. The molecule has 1 saturated heterocycles. The summed E-state index contributed by atoms with van der Waals surface area (Å²) in [4.78, 5) is 26.7. The van der Waals surface area contributed by atoms with E-state index in [4.69, 9.17) is 5.11 Å². The fourth-order valence-corrected chi connectivity index (χ4v) is 2.66. The third-order valence-corrected chi connectivity index (χ3v) is 3.80. The number of carboxylic acid groups (broad SMARTS) is 1. The average molecular weight is 285 g/mol. The monoisotopic (exact) mass is 285 g/mol. The van der Waals surface area contributed by atoms with E-state index in [1.807, 2.05) is 0 Å². The highest BCUT2D eigenvalue weighted by Crippen LogP contribution is 2.16. The summed E-state index contributed by atoms with van der Waals surface area (Å²) in [7, 11) is 0. The zero-order valence-electron chi connectivity index (χ0n) is 12.9. The molecule has 1 rings (SSSR count). The first-order valence-corrected chi connectivity index (χ1v) is 7.34. The van der Waals surface area contributed by atoms with Gasteiger partial charge in [0.1, 0.15) is 0 Å². The van der Waals surface area contributed by atoms with Crippen molar-refractivity contribution in [3.8, 4) is 0 Å². The molecule has 0 aromatic heterocycles. The summed E-state index contributed by atoms with van der Waals surface area (Å²) in [6, 6.07) is 0.728. The highest BCUT2D eigenvalue weighted by molar-refractivity contribution is 5.77. The van der Waals surface area contributed by atoms with Gasteiger partial charge in [-0.3, -0.25) is 9.69 Å². The fraction of sp³-hybridized carbons (Fsp3) is 0.857. The van der Waals surface area contributed by atoms with Gasteiger partial charge in [-0.05, 0) is 34.1 Å². The number of nitrogens with zero attached hydrogens (tertiary/aromatic N) is 2. The van der Waals surface area contributed by atoms with Gasteiger partial charge in [0.25, 0.3) is 0 Å². The van der Waals surface area contributed by atoms with Gasteiger partial charge in [-0.2, -0.15) is 0 Å². The van der Waals surface area contributed by atoms with E-state index in [0.717, 1.165) is 6.54 Å². The lowest BCUT2D eigenvalue weighted by atomic mass is 10.1. The standard InChI is InChI=1S/C14H27N3O3/c1-10(2)17(11(3)4)8-6-15-14(20)16-7-5-12(9-16)13(18)19/h10-12H,5-9H2,1-4H3,(H,15,20)(H,18,19). The van der Waals surface area contributed by atoms with E-state index in [2.05, 4.69) is 37.9 Å². The predicted octanol–water partition coefficient (Wildman–Crippen LogP) is 1.22. The zero-order chi connectivity index (χ0) is 15.3. The van der Waals surface area contributed by atoms with Crippen molar-refractivity contribution in [1.29, 1.82) is 0 Å². The molecule has 1 atom stereocenters. The molecule has 20 heavy (non-hydrogen) atoms. The number of aliphatic carboxylic acids is 1. The summed E-state index contributed by atoms with van der Waals surface area (Å²) in [5.41, 5.74) is 0. The minimum Gasteiger partial charge on any atom is -0.481 e. The molecule has 1 fully saturated rings. The summed E-state index contributed by atoms with van der Waals surface area (Å²) in [5.74, 6) is -1.23. The second-order valence-corrected chi connectivity index (χ2v) is 5.93. The molecule has 0 aromatic carbocycles. The smallest absolute Gasteiger partial charge is 0.317 e. The summed E-state index contributed by atoms with van der Waals surface area (Å²) in [5, 5.41) is 11.8. The SMILES string of the molecule is CC(C)N(CCNC(=O)N1CCC(C(=O)O)C1)C(C)C. The van der Waals surface area contributed by atoms with Gasteiger partial charge in [0.05, 0.1) is 5.92 Å². The van der Waals surface area contributed by atoms with Crippen LogP contribution in [-0.2, 0) is 4.79 Å². The Balaban J connectivity index is 2.32. The van der Waals surface area contributed by atoms with Gasteiger partial charge < -0.3 is 15.3 Å². The first-order valence-electron chi connectivity index (χ1n) is 7.34. The van der Waals surface area contributed by atoms with Crippen molar-refractivity contribution in [3.63, 3.8) is 0 Å². The van der Waals surface area contributed by atoms with Crippen LogP contribution in [0.5, 0.6) is 0 Å². The maximum atomic E-state index is 11.9. The molecule has 1 heterocycles. The van der Waals surface area contributed by atoms with Crippen molar-refractivity contribution in [2.75, 3.05) is 26.2 Å². The maximum Gasteiger partial charge on any atom is 0.317 e. The first kappa shape index (κ1) is 16.8. The quantitative estimate of drug-likeness (QED) is 0.769. The first-order chi connectivity index (χ1) is 9.32. The number of urea groups is 1. The number of nitrogens with one attached hydrogen (secondary N) is 1. The third kappa shape index (κ3) is 4.67. The Bertz CT molecular complexity index is 337. The Labute approximate surface area is 121 Å². The van der Waals surface area contributed by atoms with Crippen LogP contribution in [0.2, 0.25) is 0 Å². The summed E-state index contributed by atoms with van der Waals surface area (Å²) in [6.07, 6.45) is 0.548. The van der Waals surface area contributed by atoms with Crippen LogP contribution in [0.4, 0.5) is 4.79 Å². The normalized spacial score (nSPS) is 19.1. The predicted molar refractivity (Wildman–Crippen MR) is 77.7 cm³/mol. The minimum absolute atomic E-state index is 0.152. The van der Waals surface area contributed by atoms with E-state index in [1.54, 1.807) is 4.90 Å². The van der Waals surface area contributed by atoms with Gasteiger partial charge >= 0.3 is 12.0 Å². The molecule has 2 amide bonds. The third-order valence-electron chi connectivity index (χ3n) is 3.80. The molecule has 0 saturated carbocycles. The van der Waals surface area contributed by atoms with Crippen LogP contribution in [0.1, 0.15) is 34.1 Å². The van der Waals surface area contributed by atoms with Crippen LogP contribution in [0.3, 0.4) is 0 Å². The number of carboxylic acids is 1. The Morgan fingerprint density at radius 2 is 1.90 bits per heavy atom. The van der Waals surface area contributed by atoms with E-state index in [0.29, 0.717) is 38.1 Å². The lowest BCUT2D eigenvalue weighted by Crippen LogP contribution is -2.45. The Morgan fingerprint density at radius 1 is 1.30 bits per heavy atom. The lowest BCUT2D eigenvalue weighted by Gasteiger charge is -2.30. The van der Waals surface area contributed by atoms with Crippen molar-refractivity contribution in [2.24, 2.45) is 5.92 Å². The Hall–Kier alpha value is -1.30. The summed E-state index contributed by atoms with van der Waals surface area (Å²) < 4.78 is 0. The van der Waals surface area contributed by atoms with Crippen LogP contribution in [0.15, 0.2) is 0 Å². The van der Waals surface area contributed by atoms with E-state index in [1.165, 1.54) is 0 Å². The molecule has 6 heteroatoms. The van der Waals surface area contributed by atoms with Crippen molar-refractivity contribution in [2.45, 2.75) is 46.2 Å². The molecule has 0 bridgehead atoms. The Morgan fingerprint density at radius 3 is 2.35 bits per heavy atom. The number of hydrogen-bond acceptors (Lipinski definition) is 3. The van der Waals surface area contributed by atoms with Crippen molar-refractivity contribution in [3.05, 3.63) is 0 Å². The highest BCUT2D eigenvalue weighted by Gasteiger charge is 2.30. The van der Waals surface area contributed by atoms with E-state index in [9.17, 15) is 9.59 Å². The molecular formula is C14H27N3O3. The van der Waals surface area contributed by atoms with Gasteiger partial charge in [0, 0.05) is 38.3 Å². The average Bonchev–Trinajstić information content (AvgIpc) is 2.82. The van der Waals surface area contributed by atoms with E-state index < -0.39 is 11.9 Å². The van der Waals surface area contributed by atoms with Crippen LogP contribution in [0, 0.1) is 5.92 Å². The van der Waals surface area contributed by atoms with Crippen molar-refractivity contribution < 1.29 is 14.7 Å². The molecule has 6 nitrogen and oxygen atoms in total. The highest BCUT2D eigenvalue weighted by atomic mass is 16.4. The number of rotatable bonds is 6. The molecule has 0 aliphatic carbocycles. The minimum atomic E-state index is -0.814. The van der Waals surface area contributed by atoms with Crippen molar-refractivity contribution >= 4 is 12.0 Å². The lowest BCUT2D eigenvalue weighted by molar-refractivity contribution is -0.141. The second kappa shape index (κ2) is 7.47. The van der Waals surface area contributed by atoms with Gasteiger partial charge in [0.15, 0.2) is 0 Å². The van der Waals surface area contributed by atoms with Gasteiger partial charge in [0.2, 0.25) is 0 Å². The summed E-state index contributed by atoms with van der Waals surface area (Å²) in [6.45, 7) is 10.8. The molecule has 1 aliphatic heterocycles. The van der Waals surface area contributed by atoms with Crippen LogP contribution in [-0.4, -0.2) is 65.2 Å². The molecule has 1 aliphatic rings. The van der Waals surface area contributed by atoms with E-state index in [-0.39, 0.29) is 6.03 Å². The van der Waals surface area contributed by atoms with Crippen LogP contribution in [0.25, 0.3) is 0 Å². The molecule has 2 N–H and O–H groups in total. The number of likely N-dealkylation sites (tertiary alicyclic amines) is 1. The van der Waals surface area contributed by atoms with Gasteiger partial charge in [-0.15, -0.1) is 0 Å². The number of hydrogen-bond donors (Lipinski definition) is 2. The van der Waals surface area contributed by atoms with Crippen molar-refractivity contribution in [1.82, 2.24) is 15.1 Å². The second-order valence-electron chi connectivity index (χ2n) is 5.93.